The van der Waals surface area contributed by atoms with Gasteiger partial charge in [0.25, 0.3) is 0 Å². The van der Waals surface area contributed by atoms with Gasteiger partial charge in [-0.3, -0.25) is 4.79 Å². The Hall–Kier alpha value is -3.03. The van der Waals surface area contributed by atoms with Crippen molar-refractivity contribution in [1.29, 1.82) is 0 Å². The van der Waals surface area contributed by atoms with Crippen LogP contribution in [0, 0.1) is 0 Å². The van der Waals surface area contributed by atoms with Gasteiger partial charge >= 0.3 is 0 Å². The number of benzene rings is 2. The molecule has 1 atom stereocenters. The zero-order chi connectivity index (χ0) is 20.7. The van der Waals surface area contributed by atoms with E-state index in [0.717, 1.165) is 11.1 Å². The molecular weight excluding hydrogens is 366 g/mol. The summed E-state index contributed by atoms with van der Waals surface area (Å²) in [4.78, 5) is 12.5. The van der Waals surface area contributed by atoms with Crippen LogP contribution in [0.15, 0.2) is 67.0 Å². The molecule has 0 aliphatic heterocycles. The molecule has 1 heterocycles. The van der Waals surface area contributed by atoms with Crippen LogP contribution in [0.25, 0.3) is 0 Å². The van der Waals surface area contributed by atoms with Crippen molar-refractivity contribution in [3.8, 4) is 0 Å². The summed E-state index contributed by atoms with van der Waals surface area (Å²) < 4.78 is 7.80. The second kappa shape index (κ2) is 9.45. The molecule has 0 spiro atoms. The molecule has 1 amide bonds. The molecule has 0 unspecified atom stereocenters. The van der Waals surface area contributed by atoms with Crippen molar-refractivity contribution in [3.05, 3.63) is 83.9 Å². The van der Waals surface area contributed by atoms with E-state index in [0.29, 0.717) is 19.0 Å². The van der Waals surface area contributed by atoms with Gasteiger partial charge < -0.3 is 20.4 Å². The number of rotatable bonds is 9. The molecule has 7 heteroatoms. The van der Waals surface area contributed by atoms with Crippen LogP contribution in [-0.2, 0) is 22.7 Å². The zero-order valence-corrected chi connectivity index (χ0v) is 16.8. The summed E-state index contributed by atoms with van der Waals surface area (Å²) in [5.41, 5.74) is 7.13. The molecule has 0 aliphatic rings. The number of nitrogens with one attached hydrogen (secondary N) is 1. The van der Waals surface area contributed by atoms with Gasteiger partial charge in [-0.25, -0.2) is 0 Å². The van der Waals surface area contributed by atoms with E-state index in [1.807, 2.05) is 65.2 Å². The summed E-state index contributed by atoms with van der Waals surface area (Å²) in [5, 5.41) is 11.3. The molecule has 2 aromatic carbocycles. The van der Waals surface area contributed by atoms with Gasteiger partial charge in [-0.2, -0.15) is 0 Å². The highest BCUT2D eigenvalue weighted by atomic mass is 16.5. The zero-order valence-electron chi connectivity index (χ0n) is 16.8. The van der Waals surface area contributed by atoms with Gasteiger partial charge in [0.15, 0.2) is 5.82 Å². The van der Waals surface area contributed by atoms with Crippen molar-refractivity contribution in [2.24, 2.45) is 5.73 Å². The van der Waals surface area contributed by atoms with E-state index in [4.69, 9.17) is 10.5 Å². The van der Waals surface area contributed by atoms with Crippen molar-refractivity contribution in [2.45, 2.75) is 38.6 Å². The lowest BCUT2D eigenvalue weighted by Gasteiger charge is -2.24. The standard InChI is InChI=1S/C22H27N5O2/c1-22(2,23)21(28)25-19(15-29-14-18-11-7-4-8-12-18)20-26-24-16-27(20)13-17-9-5-3-6-10-17/h3-12,16,19H,13-15,23H2,1-2H3,(H,25,28)/t19-/m1/s1. The topological polar surface area (TPSA) is 95.1 Å². The fourth-order valence-electron chi connectivity index (χ4n) is 2.83. The lowest BCUT2D eigenvalue weighted by molar-refractivity contribution is -0.126. The van der Waals surface area contributed by atoms with Crippen LogP contribution in [0.4, 0.5) is 0 Å². The average molecular weight is 393 g/mol. The molecule has 29 heavy (non-hydrogen) atoms. The highest BCUT2D eigenvalue weighted by Crippen LogP contribution is 2.15. The Kier molecular flexibility index (Phi) is 6.74. The first-order chi connectivity index (χ1) is 13.9. The lowest BCUT2D eigenvalue weighted by Crippen LogP contribution is -2.51. The van der Waals surface area contributed by atoms with Crippen LogP contribution < -0.4 is 11.1 Å². The van der Waals surface area contributed by atoms with E-state index < -0.39 is 11.6 Å². The van der Waals surface area contributed by atoms with Gasteiger partial charge in [-0.05, 0) is 25.0 Å². The summed E-state index contributed by atoms with van der Waals surface area (Å²) in [6, 6.07) is 19.4. The third-order valence-corrected chi connectivity index (χ3v) is 4.44. The largest absolute Gasteiger partial charge is 0.374 e. The lowest BCUT2D eigenvalue weighted by atomic mass is 10.1. The quantitative estimate of drug-likeness (QED) is 0.582. The second-order valence-electron chi connectivity index (χ2n) is 7.55. The fraction of sp³-hybridized carbons (Fsp3) is 0.318. The maximum atomic E-state index is 12.5. The summed E-state index contributed by atoms with van der Waals surface area (Å²) >= 11 is 0. The Labute approximate surface area is 170 Å². The molecule has 152 valence electrons. The second-order valence-corrected chi connectivity index (χ2v) is 7.55. The molecule has 3 N–H and O–H groups in total. The third kappa shape index (κ3) is 5.97. The number of amides is 1. The molecule has 3 aromatic rings. The van der Waals surface area contributed by atoms with Crippen LogP contribution in [0.5, 0.6) is 0 Å². The van der Waals surface area contributed by atoms with Crippen LogP contribution in [0.3, 0.4) is 0 Å². The minimum absolute atomic E-state index is 0.254. The van der Waals surface area contributed by atoms with E-state index in [1.165, 1.54) is 0 Å². The maximum absolute atomic E-state index is 12.5. The molecule has 0 saturated heterocycles. The fourth-order valence-corrected chi connectivity index (χ4v) is 2.83. The molecule has 0 saturated carbocycles. The third-order valence-electron chi connectivity index (χ3n) is 4.44. The molecule has 0 aliphatic carbocycles. The van der Waals surface area contributed by atoms with Crippen molar-refractivity contribution in [3.63, 3.8) is 0 Å². The first kappa shape index (κ1) is 20.7. The molecular formula is C22H27N5O2. The summed E-state index contributed by atoms with van der Waals surface area (Å²) in [6.45, 7) is 4.62. The van der Waals surface area contributed by atoms with E-state index in [1.54, 1.807) is 20.2 Å². The molecule has 3 rings (SSSR count). The van der Waals surface area contributed by atoms with E-state index in [-0.39, 0.29) is 12.5 Å². The van der Waals surface area contributed by atoms with E-state index in [9.17, 15) is 4.79 Å². The smallest absolute Gasteiger partial charge is 0.240 e. The van der Waals surface area contributed by atoms with Gasteiger partial charge in [0.05, 0.1) is 25.3 Å². The number of carbonyl (C=O) groups excluding carboxylic acids is 1. The average Bonchev–Trinajstić information content (AvgIpc) is 3.16. The van der Waals surface area contributed by atoms with Gasteiger partial charge in [-0.15, -0.1) is 10.2 Å². The molecule has 1 aromatic heterocycles. The molecule has 0 radical (unpaired) electrons. The van der Waals surface area contributed by atoms with Gasteiger partial charge in [-0.1, -0.05) is 60.7 Å². The summed E-state index contributed by atoms with van der Waals surface area (Å²) in [7, 11) is 0. The number of ether oxygens (including phenoxy) is 1. The van der Waals surface area contributed by atoms with E-state index in [2.05, 4.69) is 15.5 Å². The van der Waals surface area contributed by atoms with Crippen molar-refractivity contribution in [1.82, 2.24) is 20.1 Å². The molecule has 0 bridgehead atoms. The normalized spacial score (nSPS) is 12.5. The Morgan fingerprint density at radius 1 is 1.10 bits per heavy atom. The summed E-state index contributed by atoms with van der Waals surface area (Å²) in [5.74, 6) is 0.347. The first-order valence-corrected chi connectivity index (χ1v) is 9.56. The van der Waals surface area contributed by atoms with Crippen LogP contribution in [-0.4, -0.2) is 32.8 Å². The SMILES string of the molecule is CC(C)(N)C(=O)N[C@H](COCc1ccccc1)c1nncn1Cc1ccccc1. The van der Waals surface area contributed by atoms with Gasteiger partial charge in [0.2, 0.25) is 5.91 Å². The minimum atomic E-state index is -1.01. The number of aromatic nitrogens is 3. The van der Waals surface area contributed by atoms with Crippen LogP contribution >= 0.6 is 0 Å². The predicted octanol–water partition coefficient (Wildman–Crippen LogP) is 2.44. The van der Waals surface area contributed by atoms with Crippen LogP contribution in [0.1, 0.15) is 36.8 Å². The maximum Gasteiger partial charge on any atom is 0.240 e. The molecule has 0 fully saturated rings. The molecule has 7 nitrogen and oxygen atoms in total. The van der Waals surface area contributed by atoms with Crippen molar-refractivity contribution in [2.75, 3.05) is 6.61 Å². The number of hydrogen-bond donors (Lipinski definition) is 2. The van der Waals surface area contributed by atoms with Gasteiger partial charge in [0.1, 0.15) is 12.4 Å². The number of carbonyl (C=O) groups is 1. The Morgan fingerprint density at radius 3 is 2.34 bits per heavy atom. The summed E-state index contributed by atoms with van der Waals surface area (Å²) in [6.07, 6.45) is 1.66. The Balaban J connectivity index is 1.75. The van der Waals surface area contributed by atoms with E-state index >= 15 is 0 Å². The first-order valence-electron chi connectivity index (χ1n) is 9.56. The van der Waals surface area contributed by atoms with Crippen LogP contribution in [0.2, 0.25) is 0 Å². The number of hydrogen-bond acceptors (Lipinski definition) is 5. The Bertz CT molecular complexity index is 904. The monoisotopic (exact) mass is 393 g/mol. The highest BCUT2D eigenvalue weighted by molar-refractivity contribution is 5.85. The predicted molar refractivity (Wildman–Crippen MR) is 111 cm³/mol. The number of nitrogens with two attached hydrogens (primary N) is 1. The highest BCUT2D eigenvalue weighted by Gasteiger charge is 2.28. The van der Waals surface area contributed by atoms with Crippen molar-refractivity contribution >= 4 is 5.91 Å². The van der Waals surface area contributed by atoms with Gasteiger partial charge in [0, 0.05) is 0 Å². The number of nitrogens with zero attached hydrogens (tertiary/aromatic N) is 3. The minimum Gasteiger partial charge on any atom is -0.374 e. The van der Waals surface area contributed by atoms with Crippen molar-refractivity contribution < 1.29 is 9.53 Å². The Morgan fingerprint density at radius 2 is 1.72 bits per heavy atom.